The van der Waals surface area contributed by atoms with Gasteiger partial charge < -0.3 is 4.74 Å². The summed E-state index contributed by atoms with van der Waals surface area (Å²) >= 11 is 0. The molecule has 3 nitrogen and oxygen atoms in total. The highest BCUT2D eigenvalue weighted by Crippen LogP contribution is 2.30. The second-order valence-corrected chi connectivity index (χ2v) is 5.14. The van der Waals surface area contributed by atoms with Gasteiger partial charge in [0.2, 0.25) is 0 Å². The molecule has 1 saturated heterocycles. The number of ether oxygens (including phenoxy) is 1. The lowest BCUT2D eigenvalue weighted by atomic mass is 9.82. The molecule has 2 unspecified atom stereocenters. The molecule has 15 heavy (non-hydrogen) atoms. The Hall–Kier alpha value is -0.120. The third kappa shape index (κ3) is 3.16. The quantitative estimate of drug-likeness (QED) is 0.552. The Morgan fingerprint density at radius 2 is 2.00 bits per heavy atom. The first-order chi connectivity index (χ1) is 7.40. The van der Waals surface area contributed by atoms with E-state index in [0.29, 0.717) is 12.0 Å². The number of rotatable bonds is 4. The van der Waals surface area contributed by atoms with Gasteiger partial charge in [0.05, 0.1) is 6.61 Å². The number of hydrogen-bond donors (Lipinski definition) is 2. The maximum atomic E-state index is 5.66. The van der Waals surface area contributed by atoms with E-state index in [0.717, 1.165) is 19.1 Å². The molecule has 1 saturated carbocycles. The predicted octanol–water partition coefficient (Wildman–Crippen LogP) is 1.83. The highest BCUT2D eigenvalue weighted by molar-refractivity contribution is 4.81. The topological polar surface area (TPSA) is 47.3 Å². The van der Waals surface area contributed by atoms with E-state index in [-0.39, 0.29) is 0 Å². The normalized spacial score (nSPS) is 30.6. The van der Waals surface area contributed by atoms with E-state index in [2.05, 4.69) is 5.43 Å². The van der Waals surface area contributed by atoms with Gasteiger partial charge in [0.1, 0.15) is 0 Å². The van der Waals surface area contributed by atoms with Crippen LogP contribution in [0.4, 0.5) is 0 Å². The zero-order valence-corrected chi connectivity index (χ0v) is 9.58. The Balaban J connectivity index is 1.78. The molecule has 3 heteroatoms. The Bertz CT molecular complexity index is 174. The van der Waals surface area contributed by atoms with Crippen molar-refractivity contribution in [1.82, 2.24) is 5.43 Å². The Kier molecular flexibility index (Phi) is 4.42. The van der Waals surface area contributed by atoms with Gasteiger partial charge in [0.25, 0.3) is 0 Å². The lowest BCUT2D eigenvalue weighted by molar-refractivity contribution is 0.168. The van der Waals surface area contributed by atoms with E-state index in [1.54, 1.807) is 0 Å². The summed E-state index contributed by atoms with van der Waals surface area (Å²) in [6.45, 7) is 1.83. The highest BCUT2D eigenvalue weighted by atomic mass is 16.5. The first-order valence-electron chi connectivity index (χ1n) is 6.44. The molecule has 1 aliphatic heterocycles. The van der Waals surface area contributed by atoms with Crippen molar-refractivity contribution in [2.45, 2.75) is 51.0 Å². The molecule has 0 aromatic heterocycles. The van der Waals surface area contributed by atoms with Crippen molar-refractivity contribution in [1.29, 1.82) is 0 Å². The zero-order chi connectivity index (χ0) is 10.5. The third-order valence-corrected chi connectivity index (χ3v) is 4.06. The van der Waals surface area contributed by atoms with Gasteiger partial charge in [0, 0.05) is 18.6 Å². The van der Waals surface area contributed by atoms with E-state index < -0.39 is 0 Å². The molecule has 2 rings (SSSR count). The Labute approximate surface area is 92.7 Å². The number of hydrazine groups is 1. The molecule has 0 aromatic rings. The predicted molar refractivity (Wildman–Crippen MR) is 61.2 cm³/mol. The molecule has 1 aliphatic carbocycles. The van der Waals surface area contributed by atoms with Crippen LogP contribution in [-0.4, -0.2) is 19.3 Å². The zero-order valence-electron chi connectivity index (χ0n) is 9.58. The minimum absolute atomic E-state index is 0.482. The van der Waals surface area contributed by atoms with Gasteiger partial charge in [-0.1, -0.05) is 32.1 Å². The minimum Gasteiger partial charge on any atom is -0.381 e. The van der Waals surface area contributed by atoms with Gasteiger partial charge in [-0.2, -0.15) is 0 Å². The fraction of sp³-hybridized carbons (Fsp3) is 1.00. The van der Waals surface area contributed by atoms with Crippen LogP contribution >= 0.6 is 0 Å². The number of nitrogens with one attached hydrogen (secondary N) is 1. The summed E-state index contributed by atoms with van der Waals surface area (Å²) < 4.78 is 5.43. The molecule has 0 amide bonds. The molecule has 2 atom stereocenters. The first kappa shape index (κ1) is 11.4. The molecule has 0 spiro atoms. The van der Waals surface area contributed by atoms with Crippen LogP contribution in [0.1, 0.15) is 44.9 Å². The lowest BCUT2D eigenvalue weighted by Gasteiger charge is -2.28. The second kappa shape index (κ2) is 5.83. The van der Waals surface area contributed by atoms with Crippen LogP contribution in [0.15, 0.2) is 0 Å². The van der Waals surface area contributed by atoms with Gasteiger partial charge in [-0.05, 0) is 18.8 Å². The van der Waals surface area contributed by atoms with Crippen molar-refractivity contribution in [2.75, 3.05) is 13.2 Å². The fourth-order valence-corrected chi connectivity index (χ4v) is 3.05. The van der Waals surface area contributed by atoms with Crippen LogP contribution in [0.5, 0.6) is 0 Å². The standard InChI is InChI=1S/C12H24N2O/c13-14-12(11-6-7-15-9-11)8-10-4-2-1-3-5-10/h10-12,14H,1-9,13H2. The third-order valence-electron chi connectivity index (χ3n) is 4.06. The van der Waals surface area contributed by atoms with Crippen molar-refractivity contribution >= 4 is 0 Å². The van der Waals surface area contributed by atoms with Crippen molar-refractivity contribution in [2.24, 2.45) is 17.7 Å². The summed E-state index contributed by atoms with van der Waals surface area (Å²) in [7, 11) is 0. The summed E-state index contributed by atoms with van der Waals surface area (Å²) in [5, 5.41) is 0. The summed E-state index contributed by atoms with van der Waals surface area (Å²) in [6.07, 6.45) is 9.53. The van der Waals surface area contributed by atoms with Crippen LogP contribution in [-0.2, 0) is 4.74 Å². The molecule has 2 fully saturated rings. The molecular formula is C12H24N2O. The average Bonchev–Trinajstić information content (AvgIpc) is 2.81. The first-order valence-corrected chi connectivity index (χ1v) is 6.44. The smallest absolute Gasteiger partial charge is 0.0510 e. The van der Waals surface area contributed by atoms with Gasteiger partial charge >= 0.3 is 0 Å². The molecule has 0 radical (unpaired) electrons. The van der Waals surface area contributed by atoms with Crippen LogP contribution in [0.25, 0.3) is 0 Å². The van der Waals surface area contributed by atoms with Crippen LogP contribution in [0, 0.1) is 11.8 Å². The Morgan fingerprint density at radius 1 is 1.20 bits per heavy atom. The summed E-state index contributed by atoms with van der Waals surface area (Å²) in [5.41, 5.74) is 3.01. The van der Waals surface area contributed by atoms with Gasteiger partial charge in [-0.3, -0.25) is 11.3 Å². The maximum absolute atomic E-state index is 5.66. The molecule has 88 valence electrons. The van der Waals surface area contributed by atoms with Crippen molar-refractivity contribution in [3.05, 3.63) is 0 Å². The van der Waals surface area contributed by atoms with Gasteiger partial charge in [-0.15, -0.1) is 0 Å². The van der Waals surface area contributed by atoms with Crippen molar-refractivity contribution < 1.29 is 4.74 Å². The molecule has 0 bridgehead atoms. The monoisotopic (exact) mass is 212 g/mol. The van der Waals surface area contributed by atoms with Gasteiger partial charge in [0.15, 0.2) is 0 Å². The minimum atomic E-state index is 0.482. The van der Waals surface area contributed by atoms with Crippen LogP contribution in [0.2, 0.25) is 0 Å². The molecule has 3 N–H and O–H groups in total. The van der Waals surface area contributed by atoms with Crippen molar-refractivity contribution in [3.8, 4) is 0 Å². The van der Waals surface area contributed by atoms with Gasteiger partial charge in [-0.25, -0.2) is 0 Å². The largest absolute Gasteiger partial charge is 0.381 e. The molecule has 0 aromatic carbocycles. The summed E-state index contributed by atoms with van der Waals surface area (Å²) in [6, 6.07) is 0.482. The van der Waals surface area contributed by atoms with E-state index in [1.807, 2.05) is 0 Å². The summed E-state index contributed by atoms with van der Waals surface area (Å²) in [5.74, 6) is 7.22. The second-order valence-electron chi connectivity index (χ2n) is 5.14. The van der Waals surface area contributed by atoms with E-state index >= 15 is 0 Å². The number of nitrogens with two attached hydrogens (primary N) is 1. The fourth-order valence-electron chi connectivity index (χ4n) is 3.05. The van der Waals surface area contributed by atoms with E-state index in [1.165, 1.54) is 44.9 Å². The lowest BCUT2D eigenvalue weighted by Crippen LogP contribution is -2.42. The molecule has 1 heterocycles. The maximum Gasteiger partial charge on any atom is 0.0510 e. The average molecular weight is 212 g/mol. The van der Waals surface area contributed by atoms with E-state index in [9.17, 15) is 0 Å². The SMILES string of the molecule is NNC(CC1CCCCC1)C1CCOC1. The highest BCUT2D eigenvalue weighted by Gasteiger charge is 2.27. The number of hydrogen-bond acceptors (Lipinski definition) is 3. The van der Waals surface area contributed by atoms with Crippen LogP contribution < -0.4 is 11.3 Å². The molecular weight excluding hydrogens is 188 g/mol. The van der Waals surface area contributed by atoms with E-state index in [4.69, 9.17) is 10.6 Å². The summed E-state index contributed by atoms with van der Waals surface area (Å²) in [4.78, 5) is 0. The van der Waals surface area contributed by atoms with Crippen molar-refractivity contribution in [3.63, 3.8) is 0 Å². The molecule has 2 aliphatic rings. The Morgan fingerprint density at radius 3 is 2.60 bits per heavy atom. The van der Waals surface area contributed by atoms with Crippen LogP contribution in [0.3, 0.4) is 0 Å².